The number of hydrogen-bond acceptors (Lipinski definition) is 11. The van der Waals surface area contributed by atoms with Crippen LogP contribution in [0.3, 0.4) is 0 Å². The molecule has 1 saturated heterocycles. The van der Waals surface area contributed by atoms with Crippen molar-refractivity contribution in [3.05, 3.63) is 36.5 Å². The van der Waals surface area contributed by atoms with Crippen molar-refractivity contribution in [3.63, 3.8) is 0 Å². The summed E-state index contributed by atoms with van der Waals surface area (Å²) in [5.41, 5.74) is 0. The molecule has 12 heteroatoms. The topological polar surface area (TPSA) is 175 Å². The predicted octanol–water partition coefficient (Wildman–Crippen LogP) is 18.4. The fraction of sp³-hybridized carbons (Fsp3) is 0.855. The van der Waals surface area contributed by atoms with E-state index in [2.05, 4.69) is 57.2 Å². The Morgan fingerprint density at radius 3 is 1.15 bits per heavy atom. The first kappa shape index (κ1) is 76.0. The van der Waals surface area contributed by atoms with E-state index in [-0.39, 0.29) is 25.9 Å². The molecule has 472 valence electrons. The number of carboxylic acids is 1. The number of aliphatic hydroxyl groups is 2. The number of aliphatic hydroxyl groups excluding tert-OH is 2. The third-order valence-electron chi connectivity index (χ3n) is 15.7. The van der Waals surface area contributed by atoms with E-state index in [4.69, 9.17) is 23.7 Å². The van der Waals surface area contributed by atoms with Crippen LogP contribution in [0.25, 0.3) is 0 Å². The van der Waals surface area contributed by atoms with Gasteiger partial charge in [-0.15, -0.1) is 0 Å². The van der Waals surface area contributed by atoms with Crippen LogP contribution in [-0.4, -0.2) is 89.2 Å². The van der Waals surface area contributed by atoms with Crippen molar-refractivity contribution in [2.45, 2.75) is 366 Å². The minimum atomic E-state index is -1.90. The van der Waals surface area contributed by atoms with Gasteiger partial charge in [0, 0.05) is 19.3 Å². The lowest BCUT2D eigenvalue weighted by atomic mass is 9.98. The number of rotatable bonds is 59. The van der Waals surface area contributed by atoms with Crippen molar-refractivity contribution >= 4 is 23.9 Å². The largest absolute Gasteiger partial charge is 0.479 e. The number of ether oxygens (including phenoxy) is 5. The van der Waals surface area contributed by atoms with Crippen LogP contribution < -0.4 is 0 Å². The Bertz CT molecular complexity index is 1550. The molecule has 0 bridgehead atoms. The van der Waals surface area contributed by atoms with Gasteiger partial charge in [-0.25, -0.2) is 4.79 Å². The lowest BCUT2D eigenvalue weighted by molar-refractivity contribution is -0.301. The molecule has 1 heterocycles. The maximum absolute atomic E-state index is 13.2. The normalized spacial score (nSPS) is 17.9. The molecule has 6 atom stereocenters. The van der Waals surface area contributed by atoms with Gasteiger partial charge in [0.2, 0.25) is 0 Å². The summed E-state index contributed by atoms with van der Waals surface area (Å²) in [7, 11) is 0. The summed E-state index contributed by atoms with van der Waals surface area (Å²) in [6.45, 7) is 6.01. The van der Waals surface area contributed by atoms with Crippen LogP contribution in [0.15, 0.2) is 36.5 Å². The molecule has 0 aromatic carbocycles. The Labute approximate surface area is 495 Å². The van der Waals surface area contributed by atoms with E-state index < -0.39 is 67.3 Å². The average Bonchev–Trinajstić information content (AvgIpc) is 3.52. The lowest BCUT2D eigenvalue weighted by Crippen LogP contribution is -2.61. The molecule has 0 aromatic rings. The van der Waals surface area contributed by atoms with Gasteiger partial charge in [0.05, 0.1) is 6.61 Å². The highest BCUT2D eigenvalue weighted by Gasteiger charge is 2.50. The smallest absolute Gasteiger partial charge is 0.335 e. The van der Waals surface area contributed by atoms with Crippen molar-refractivity contribution in [3.8, 4) is 0 Å². The fourth-order valence-electron chi connectivity index (χ4n) is 10.5. The number of hydrogen-bond donors (Lipinski definition) is 3. The van der Waals surface area contributed by atoms with Crippen LogP contribution >= 0.6 is 0 Å². The zero-order valence-corrected chi connectivity index (χ0v) is 52.3. The summed E-state index contributed by atoms with van der Waals surface area (Å²) in [5.74, 6) is -3.10. The van der Waals surface area contributed by atoms with Crippen LogP contribution in [0.4, 0.5) is 0 Å². The summed E-state index contributed by atoms with van der Waals surface area (Å²) < 4.78 is 28.6. The summed E-state index contributed by atoms with van der Waals surface area (Å²) >= 11 is 0. The highest BCUT2D eigenvalue weighted by atomic mass is 16.7. The Morgan fingerprint density at radius 1 is 0.407 bits per heavy atom. The van der Waals surface area contributed by atoms with Gasteiger partial charge in [-0.05, 0) is 77.0 Å². The number of allylic oxidation sites excluding steroid dienone is 6. The van der Waals surface area contributed by atoms with Gasteiger partial charge in [0.15, 0.2) is 24.6 Å². The Balaban J connectivity index is 2.64. The molecule has 0 aliphatic carbocycles. The number of esters is 3. The van der Waals surface area contributed by atoms with Crippen molar-refractivity contribution in [1.82, 2.24) is 0 Å². The molecule has 1 rings (SSSR count). The minimum absolute atomic E-state index is 0.0652. The van der Waals surface area contributed by atoms with Crippen LogP contribution in [-0.2, 0) is 42.9 Å². The zero-order chi connectivity index (χ0) is 58.9. The quantitative estimate of drug-likeness (QED) is 0.0228. The van der Waals surface area contributed by atoms with Gasteiger partial charge >= 0.3 is 23.9 Å². The molecule has 0 spiro atoms. The van der Waals surface area contributed by atoms with E-state index in [1.165, 1.54) is 193 Å². The molecule has 0 saturated carbocycles. The van der Waals surface area contributed by atoms with Gasteiger partial charge in [-0.2, -0.15) is 0 Å². The molecule has 0 amide bonds. The zero-order valence-electron chi connectivity index (χ0n) is 52.3. The molecular formula is C69H124O12. The molecule has 1 aliphatic heterocycles. The summed E-state index contributed by atoms with van der Waals surface area (Å²) in [6.07, 6.45) is 56.7. The van der Waals surface area contributed by atoms with Crippen LogP contribution in [0.1, 0.15) is 329 Å². The maximum atomic E-state index is 13.2. The highest BCUT2D eigenvalue weighted by Crippen LogP contribution is 2.27. The van der Waals surface area contributed by atoms with Crippen LogP contribution in [0, 0.1) is 0 Å². The third kappa shape index (κ3) is 46.9. The van der Waals surface area contributed by atoms with Crippen molar-refractivity contribution < 1.29 is 58.2 Å². The second kappa shape index (κ2) is 57.4. The fourth-order valence-corrected chi connectivity index (χ4v) is 10.5. The molecular weight excluding hydrogens is 1020 g/mol. The highest BCUT2D eigenvalue weighted by molar-refractivity contribution is 5.74. The van der Waals surface area contributed by atoms with Gasteiger partial charge < -0.3 is 39.0 Å². The van der Waals surface area contributed by atoms with E-state index in [0.717, 1.165) is 77.0 Å². The molecule has 6 unspecified atom stereocenters. The SMILES string of the molecule is CCCCC/C=C\C/C=C\CCCCCCCCCC(=O)OC(COC(=O)CCCCCCCCCCC/C=C\CCCCCCCC)COC1OC(C(=O)O)C(O)C(O)C1OC(=O)CCCCCCCCCCCCCCCCC. The van der Waals surface area contributed by atoms with Gasteiger partial charge in [-0.1, -0.05) is 269 Å². The maximum Gasteiger partial charge on any atom is 0.335 e. The lowest BCUT2D eigenvalue weighted by Gasteiger charge is -2.40. The van der Waals surface area contributed by atoms with E-state index >= 15 is 0 Å². The van der Waals surface area contributed by atoms with Crippen molar-refractivity contribution in [1.29, 1.82) is 0 Å². The first-order valence-corrected chi connectivity index (χ1v) is 34.0. The monoisotopic (exact) mass is 1140 g/mol. The Morgan fingerprint density at radius 2 is 0.741 bits per heavy atom. The molecule has 81 heavy (non-hydrogen) atoms. The molecule has 3 N–H and O–H groups in total. The number of carbonyl (C=O) groups is 4. The number of unbranched alkanes of at least 4 members (excludes halogenated alkanes) is 39. The summed E-state index contributed by atoms with van der Waals surface area (Å²) in [4.78, 5) is 51.4. The predicted molar refractivity (Wildman–Crippen MR) is 331 cm³/mol. The van der Waals surface area contributed by atoms with Crippen LogP contribution in [0.2, 0.25) is 0 Å². The van der Waals surface area contributed by atoms with Gasteiger partial charge in [-0.3, -0.25) is 14.4 Å². The summed E-state index contributed by atoms with van der Waals surface area (Å²) in [5, 5.41) is 31.6. The standard InChI is InChI=1S/C69H124O12/c1-4-7-10-13-16-19-22-25-28-30-31-33-35-37-40-43-46-49-52-55-61(70)77-58-60(79-62(71)56-53-50-47-44-41-39-36-32-29-26-23-20-17-14-11-8-5-2)59-78-69-67(65(74)64(73)66(81-69)68(75)76)80-63(72)57-54-51-48-45-42-38-34-27-24-21-18-15-12-9-6-3/h17,20,25-26,28-29,60,64-67,69,73-74H,4-16,18-19,21-24,27,30-59H2,1-3H3,(H,75,76)/b20-17-,28-25-,29-26-. The van der Waals surface area contributed by atoms with Gasteiger partial charge in [0.1, 0.15) is 18.8 Å². The van der Waals surface area contributed by atoms with Crippen LogP contribution in [0.5, 0.6) is 0 Å². The van der Waals surface area contributed by atoms with E-state index in [9.17, 15) is 34.5 Å². The Hall–Kier alpha value is -3.06. The third-order valence-corrected chi connectivity index (χ3v) is 15.7. The molecule has 0 aromatic heterocycles. The van der Waals surface area contributed by atoms with Gasteiger partial charge in [0.25, 0.3) is 0 Å². The molecule has 12 nitrogen and oxygen atoms in total. The minimum Gasteiger partial charge on any atom is -0.479 e. The summed E-state index contributed by atoms with van der Waals surface area (Å²) in [6, 6.07) is 0. The average molecular weight is 1150 g/mol. The number of carbonyl (C=O) groups excluding carboxylic acids is 3. The van der Waals surface area contributed by atoms with E-state index in [1.807, 2.05) is 0 Å². The number of aliphatic carboxylic acids is 1. The van der Waals surface area contributed by atoms with E-state index in [0.29, 0.717) is 19.3 Å². The Kier molecular flexibility index (Phi) is 53.8. The molecule has 1 aliphatic rings. The second-order valence-corrected chi connectivity index (χ2v) is 23.5. The van der Waals surface area contributed by atoms with E-state index in [1.54, 1.807) is 0 Å². The first-order chi connectivity index (χ1) is 39.6. The van der Waals surface area contributed by atoms with Crippen molar-refractivity contribution in [2.24, 2.45) is 0 Å². The molecule has 0 radical (unpaired) electrons. The second-order valence-electron chi connectivity index (χ2n) is 23.5. The molecule has 1 fully saturated rings. The number of carboxylic acid groups (broad SMARTS) is 1. The first-order valence-electron chi connectivity index (χ1n) is 34.0. The van der Waals surface area contributed by atoms with Crippen molar-refractivity contribution in [2.75, 3.05) is 13.2 Å².